The minimum atomic E-state index is -4.72. The van der Waals surface area contributed by atoms with E-state index in [1.165, 1.54) is 82.4 Å². The van der Waals surface area contributed by atoms with Crippen molar-refractivity contribution in [2.75, 3.05) is 0 Å². The summed E-state index contributed by atoms with van der Waals surface area (Å²) in [4.78, 5) is 71.7. The first-order valence-electron chi connectivity index (χ1n) is 46.6. The summed E-state index contributed by atoms with van der Waals surface area (Å²) in [5.41, 5.74) is -2.24. The number of esters is 6. The third-order valence-corrected chi connectivity index (χ3v) is 30.6. The average Bonchev–Trinajstić information content (AvgIpc) is 0.750. The molecule has 0 unspecified atom stereocenters. The van der Waals surface area contributed by atoms with Crippen molar-refractivity contribution in [2.24, 2.45) is 32.5 Å². The van der Waals surface area contributed by atoms with E-state index in [0.717, 1.165) is 49.5 Å². The molecular weight excluding hydrogens is 1950 g/mol. The van der Waals surface area contributed by atoms with Gasteiger partial charge in [-0.15, -0.1) is 0 Å². The Morgan fingerprint density at radius 3 is 0.814 bits per heavy atom. The second-order valence-electron chi connectivity index (χ2n) is 39.0. The molecule has 16 aromatic rings. The van der Waals surface area contributed by atoms with Gasteiger partial charge in [0, 0.05) is 10.8 Å². The molecular formula is C113H113O27S5-5. The highest BCUT2D eigenvalue weighted by Crippen LogP contribution is 2.40. The van der Waals surface area contributed by atoms with Gasteiger partial charge in [-0.05, 0) is 383 Å². The third-order valence-electron chi connectivity index (χ3n) is 26.2. The van der Waals surface area contributed by atoms with Crippen LogP contribution in [0.5, 0.6) is 34.5 Å². The molecule has 145 heavy (non-hydrogen) atoms. The molecule has 0 bridgehead atoms. The van der Waals surface area contributed by atoms with Crippen molar-refractivity contribution in [2.45, 2.75) is 195 Å². The fraction of sp³-hybridized carbons (Fsp3) is 0.274. The number of benzene rings is 16. The quantitative estimate of drug-likeness (QED) is 0.0248. The number of hydrogen-bond acceptors (Lipinski definition) is 27. The van der Waals surface area contributed by atoms with Crippen LogP contribution < -0.4 is 28.4 Å². The lowest BCUT2D eigenvalue weighted by molar-refractivity contribution is -0.144. The molecule has 32 heteroatoms. The predicted molar refractivity (Wildman–Crippen MR) is 557 cm³/mol. The standard InChI is InChI=1S/C21H22O2.3C20H20O5S.2C16H18O5S/c1-5-21(3,4)20(22)23-17-10-11-19-14(2)18-9-7-6-8-15(18)12-16(19)13-17;1-4-20(2,3)19(21)25-17-7-5-13-10-16-12-18(26(22,23)24)8-6-14(16)9-15(13)11-17;1-4-20(2,3)19(21)25-17-7-5-13-9-14-6-8-18(26(22,23)24)12-16(14)10-15(13)11-17;1-4-20(2,3)19(21)25-15-10-9-14-11-13-7-5-6-8-16(13)18(17(14)12-15)26(22,23)24;1-4-16(2,3)15(17)21-13-7-5-11-6-8-14(22(18,19)20)10-12(11)9-13;1-4-16(2,3)15(17)21-12-9-8-11-6-5-7-14(13(11)10-12)22(18,19)20/h6-13H,5H2,1-4H3;3*5-12H,4H2,1-3H3,(H,22,23,24);2*5-10H,4H2,1-3H3,(H,18,19,20)/p-5. The molecule has 0 radical (unpaired) electrons. The minimum absolute atomic E-state index is 0.183. The molecule has 0 amide bonds. The molecule has 0 heterocycles. The lowest BCUT2D eigenvalue weighted by Gasteiger charge is -2.20. The number of rotatable bonds is 23. The Hall–Kier alpha value is -13.5. The fourth-order valence-electron chi connectivity index (χ4n) is 14.3. The number of hydrogen-bond donors (Lipinski definition) is 0. The number of ether oxygens (including phenoxy) is 6. The van der Waals surface area contributed by atoms with Crippen LogP contribution in [0.15, 0.2) is 291 Å². The molecule has 0 fully saturated rings. The molecule has 0 spiro atoms. The Kier molecular flexibility index (Phi) is 34.1. The van der Waals surface area contributed by atoms with E-state index in [2.05, 4.69) is 31.2 Å². The Bertz CT molecular complexity index is 8390. The lowest BCUT2D eigenvalue weighted by atomic mass is 9.90. The normalized spacial score (nSPS) is 12.3. The molecule has 0 saturated heterocycles. The van der Waals surface area contributed by atoms with Gasteiger partial charge < -0.3 is 51.2 Å². The predicted octanol–water partition coefficient (Wildman–Crippen LogP) is 24.5. The maximum Gasteiger partial charge on any atom is 0.316 e. The molecule has 16 rings (SSSR count). The van der Waals surface area contributed by atoms with E-state index >= 15 is 0 Å². The number of aryl methyl sites for hydroxylation is 1. The van der Waals surface area contributed by atoms with Crippen molar-refractivity contribution in [3.05, 3.63) is 272 Å². The highest BCUT2D eigenvalue weighted by Gasteiger charge is 2.34. The Balaban J connectivity index is 0.000000166. The van der Waals surface area contributed by atoms with Crippen LogP contribution in [0.4, 0.5) is 0 Å². The smallest absolute Gasteiger partial charge is 0.316 e. The summed E-state index contributed by atoms with van der Waals surface area (Å²) in [5.74, 6) is 0.295. The van der Waals surface area contributed by atoms with Gasteiger partial charge in [0.25, 0.3) is 0 Å². The van der Waals surface area contributed by atoms with Gasteiger partial charge in [-0.3, -0.25) is 28.8 Å². The largest absolute Gasteiger partial charge is 0.744 e. The average molecular weight is 2060 g/mol. The van der Waals surface area contributed by atoms with Gasteiger partial charge in [0.1, 0.15) is 85.1 Å². The Morgan fingerprint density at radius 1 is 0.214 bits per heavy atom. The maximum atomic E-state index is 12.3. The second kappa shape index (κ2) is 44.2. The zero-order valence-corrected chi connectivity index (χ0v) is 87.8. The van der Waals surface area contributed by atoms with E-state index in [1.807, 2.05) is 126 Å². The van der Waals surface area contributed by atoms with E-state index < -0.39 is 95.0 Å². The summed E-state index contributed by atoms with van der Waals surface area (Å²) in [7, 11) is -22.8. The monoisotopic (exact) mass is 2060 g/mol. The van der Waals surface area contributed by atoms with Crippen LogP contribution in [0.2, 0.25) is 0 Å². The summed E-state index contributed by atoms with van der Waals surface area (Å²) < 4.78 is 203. The van der Waals surface area contributed by atoms with Gasteiger partial charge in [0.15, 0.2) is 0 Å². The van der Waals surface area contributed by atoms with Crippen molar-refractivity contribution < 1.29 is 122 Å². The molecule has 0 aliphatic heterocycles. The van der Waals surface area contributed by atoms with Crippen molar-refractivity contribution in [3.8, 4) is 34.5 Å². The van der Waals surface area contributed by atoms with Crippen LogP contribution in [0.1, 0.15) is 169 Å². The maximum absolute atomic E-state index is 12.3. The Labute approximate surface area is 844 Å². The molecule has 762 valence electrons. The fourth-order valence-corrected chi connectivity index (χ4v) is 17.4. The number of fused-ring (bicyclic) bond motifs is 10. The van der Waals surface area contributed by atoms with Crippen LogP contribution >= 0.6 is 0 Å². The summed E-state index contributed by atoms with van der Waals surface area (Å²) in [6, 6.07) is 74.1. The first-order valence-corrected chi connectivity index (χ1v) is 53.6. The van der Waals surface area contributed by atoms with E-state index in [0.29, 0.717) is 92.8 Å². The summed E-state index contributed by atoms with van der Waals surface area (Å²) in [5, 5.41) is 15.0. The SMILES string of the molecule is CCC(C)(C)C(=O)Oc1ccc2c(C)c3ccccc3cc2c1.CCC(C)(C)C(=O)Oc1ccc2cc3cc(S(=O)(=O)[O-])ccc3cc2c1.CCC(C)(C)C(=O)Oc1ccc2cc3ccc(S(=O)(=O)[O-])cc3cc2c1.CCC(C)(C)C(=O)Oc1ccc2cc3ccccc3c(S(=O)(=O)[O-])c2c1.CCC(C)(C)C(=O)Oc1ccc2ccc(S(=O)(=O)[O-])cc2c1.CCC(C)(C)C(=O)Oc1ccc2cccc(S(=O)(=O)[O-])c2c1. The third kappa shape index (κ3) is 27.6. The van der Waals surface area contributed by atoms with E-state index in [1.54, 1.807) is 181 Å². The van der Waals surface area contributed by atoms with Crippen molar-refractivity contribution in [1.82, 2.24) is 0 Å². The van der Waals surface area contributed by atoms with E-state index in [9.17, 15) is 93.6 Å². The number of carbonyl (C=O) groups is 6. The van der Waals surface area contributed by atoms with Crippen LogP contribution in [0.3, 0.4) is 0 Å². The van der Waals surface area contributed by atoms with Crippen molar-refractivity contribution in [3.63, 3.8) is 0 Å². The first kappa shape index (κ1) is 112. The zero-order valence-electron chi connectivity index (χ0n) is 83.7. The summed E-state index contributed by atoms with van der Waals surface area (Å²) >= 11 is 0. The zero-order chi connectivity index (χ0) is 107. The highest BCUT2D eigenvalue weighted by molar-refractivity contribution is 7.87. The van der Waals surface area contributed by atoms with Gasteiger partial charge in [-0.1, -0.05) is 157 Å². The molecule has 0 saturated carbocycles. The second-order valence-corrected chi connectivity index (χ2v) is 45.8. The molecule has 0 aliphatic carbocycles. The molecule has 0 aliphatic rings. The summed E-state index contributed by atoms with van der Waals surface area (Å²) in [6.45, 7) is 35.5. The number of carbonyl (C=O) groups excluding carboxylic acids is 6. The van der Waals surface area contributed by atoms with Crippen LogP contribution in [-0.4, -0.2) is 101 Å². The van der Waals surface area contributed by atoms with Crippen molar-refractivity contribution in [1.29, 1.82) is 0 Å². The topological polar surface area (TPSA) is 444 Å². The minimum Gasteiger partial charge on any atom is -0.744 e. The molecule has 27 nitrogen and oxygen atoms in total. The van der Waals surface area contributed by atoms with Gasteiger partial charge >= 0.3 is 35.8 Å². The highest BCUT2D eigenvalue weighted by atomic mass is 32.2. The Morgan fingerprint density at radius 2 is 0.455 bits per heavy atom. The van der Waals surface area contributed by atoms with Gasteiger partial charge in [0.05, 0.1) is 57.0 Å². The van der Waals surface area contributed by atoms with Gasteiger partial charge in [0.2, 0.25) is 0 Å². The van der Waals surface area contributed by atoms with Gasteiger partial charge in [-0.2, -0.15) is 0 Å². The molecule has 0 N–H and O–H groups in total. The van der Waals surface area contributed by atoms with E-state index in [4.69, 9.17) is 28.4 Å². The van der Waals surface area contributed by atoms with Crippen LogP contribution in [0, 0.1) is 39.4 Å². The van der Waals surface area contributed by atoms with Crippen LogP contribution in [-0.2, 0) is 79.4 Å². The van der Waals surface area contributed by atoms with E-state index in [-0.39, 0.29) is 70.6 Å². The molecule has 0 aromatic heterocycles. The molecule has 16 aromatic carbocycles. The first-order chi connectivity index (χ1) is 67.5. The van der Waals surface area contributed by atoms with Gasteiger partial charge in [-0.25, -0.2) is 42.1 Å². The lowest BCUT2D eigenvalue weighted by Crippen LogP contribution is -2.28. The summed E-state index contributed by atoms with van der Waals surface area (Å²) in [6.07, 6.45) is 3.94. The van der Waals surface area contributed by atoms with Crippen molar-refractivity contribution >= 4 is 194 Å². The van der Waals surface area contributed by atoms with Crippen LogP contribution in [0.25, 0.3) is 108 Å². The molecule has 0 atom stereocenters.